The number of fused-ring (bicyclic) bond motifs is 2. The van der Waals surface area contributed by atoms with Gasteiger partial charge in [-0.3, -0.25) is 4.79 Å². The summed E-state index contributed by atoms with van der Waals surface area (Å²) < 4.78 is 12.2. The maximum absolute atomic E-state index is 12.9. The first-order valence-electron chi connectivity index (χ1n) is 12.6. The van der Waals surface area contributed by atoms with Crippen LogP contribution in [0.5, 0.6) is 11.5 Å². The van der Waals surface area contributed by atoms with Crippen molar-refractivity contribution in [3.05, 3.63) is 144 Å². The lowest BCUT2D eigenvalue weighted by Crippen LogP contribution is -2.25. The maximum Gasteiger partial charge on any atom is 0.271 e. The van der Waals surface area contributed by atoms with Gasteiger partial charge in [0.05, 0.1) is 5.71 Å². The van der Waals surface area contributed by atoms with Crippen LogP contribution < -0.4 is 14.9 Å². The van der Waals surface area contributed by atoms with Crippen molar-refractivity contribution < 1.29 is 14.3 Å². The fraction of sp³-hybridized carbons (Fsp3) is 0.0909. The molecule has 1 aliphatic rings. The van der Waals surface area contributed by atoms with Gasteiger partial charge in [0.1, 0.15) is 24.2 Å². The number of nitrogens with zero attached hydrogens (tertiary/aromatic N) is 1. The van der Waals surface area contributed by atoms with Crippen molar-refractivity contribution in [3.8, 4) is 11.5 Å². The van der Waals surface area contributed by atoms with E-state index in [-0.39, 0.29) is 12.0 Å². The average Bonchev–Trinajstić information content (AvgIpc) is 2.99. The minimum absolute atomic E-state index is 0.163. The van der Waals surface area contributed by atoms with Gasteiger partial charge in [0, 0.05) is 17.5 Å². The van der Waals surface area contributed by atoms with Gasteiger partial charge in [0.15, 0.2) is 0 Å². The molecule has 0 aliphatic carbocycles. The molecule has 5 nitrogen and oxygen atoms in total. The highest BCUT2D eigenvalue weighted by Gasteiger charge is 2.26. The molecular weight excluding hydrogens is 472 g/mol. The van der Waals surface area contributed by atoms with Gasteiger partial charge in [-0.2, -0.15) is 5.10 Å². The van der Waals surface area contributed by atoms with E-state index >= 15 is 0 Å². The number of para-hydroxylation sites is 1. The first-order chi connectivity index (χ1) is 18.7. The molecule has 1 heterocycles. The van der Waals surface area contributed by atoms with Gasteiger partial charge < -0.3 is 9.47 Å². The van der Waals surface area contributed by atoms with Crippen LogP contribution in [-0.4, -0.2) is 11.6 Å². The molecule has 5 aromatic carbocycles. The molecule has 1 N–H and O–H groups in total. The van der Waals surface area contributed by atoms with Crippen LogP contribution in [0.15, 0.2) is 126 Å². The van der Waals surface area contributed by atoms with Crippen molar-refractivity contribution >= 4 is 22.4 Å². The first kappa shape index (κ1) is 23.5. The molecule has 6 rings (SSSR count). The molecule has 1 atom stereocenters. The molecular formula is C33H26N2O3. The maximum atomic E-state index is 12.9. The van der Waals surface area contributed by atoms with E-state index in [1.54, 1.807) is 12.1 Å². The minimum Gasteiger partial charge on any atom is -0.489 e. The number of amides is 1. The van der Waals surface area contributed by atoms with E-state index < -0.39 is 0 Å². The summed E-state index contributed by atoms with van der Waals surface area (Å²) in [7, 11) is 0. The Balaban J connectivity index is 1.12. The molecule has 5 aromatic rings. The van der Waals surface area contributed by atoms with Crippen LogP contribution in [-0.2, 0) is 6.61 Å². The number of benzene rings is 5. The summed E-state index contributed by atoms with van der Waals surface area (Å²) in [5, 5.41) is 6.83. The van der Waals surface area contributed by atoms with Gasteiger partial charge in [-0.25, -0.2) is 5.43 Å². The molecule has 1 aliphatic heterocycles. The Kier molecular flexibility index (Phi) is 6.56. The van der Waals surface area contributed by atoms with Crippen LogP contribution in [0.25, 0.3) is 10.8 Å². The topological polar surface area (TPSA) is 59.9 Å². The summed E-state index contributed by atoms with van der Waals surface area (Å²) in [6.07, 6.45) is 0.399. The van der Waals surface area contributed by atoms with Crippen molar-refractivity contribution in [1.82, 2.24) is 5.43 Å². The zero-order valence-corrected chi connectivity index (χ0v) is 20.7. The fourth-order valence-electron chi connectivity index (χ4n) is 4.61. The van der Waals surface area contributed by atoms with Crippen LogP contribution >= 0.6 is 0 Å². The van der Waals surface area contributed by atoms with Crippen molar-refractivity contribution in [1.29, 1.82) is 0 Å². The molecule has 0 radical (unpaired) electrons. The second-order valence-corrected chi connectivity index (χ2v) is 9.21. The number of hydrogen-bond donors (Lipinski definition) is 1. The molecule has 38 heavy (non-hydrogen) atoms. The number of rotatable bonds is 6. The van der Waals surface area contributed by atoms with E-state index in [0.717, 1.165) is 39.3 Å². The van der Waals surface area contributed by atoms with E-state index in [1.807, 2.05) is 91.0 Å². The highest BCUT2D eigenvalue weighted by Crippen LogP contribution is 2.35. The Morgan fingerprint density at radius 3 is 2.39 bits per heavy atom. The van der Waals surface area contributed by atoms with Crippen molar-refractivity contribution in [2.45, 2.75) is 19.1 Å². The fourth-order valence-corrected chi connectivity index (χ4v) is 4.61. The number of hydrazone groups is 1. The highest BCUT2D eigenvalue weighted by atomic mass is 16.5. The molecule has 0 saturated carbocycles. The van der Waals surface area contributed by atoms with Crippen LogP contribution in [0, 0.1) is 0 Å². The Morgan fingerprint density at radius 1 is 0.816 bits per heavy atom. The second kappa shape index (κ2) is 10.6. The molecule has 186 valence electrons. The molecule has 0 bridgehead atoms. The Labute approximate surface area is 221 Å². The highest BCUT2D eigenvalue weighted by molar-refractivity contribution is 6.05. The smallest absolute Gasteiger partial charge is 0.271 e. The number of carbonyl (C=O) groups is 1. The summed E-state index contributed by atoms with van der Waals surface area (Å²) in [5.41, 5.74) is 6.99. The largest absolute Gasteiger partial charge is 0.489 e. The third-order valence-corrected chi connectivity index (χ3v) is 6.65. The standard InChI is InChI=1S/C33H26N2O3/c36-33(26-16-14-23(15-17-26)22-37-28-19-18-24-8-4-5-11-27(24)20-28)35-34-30-21-32(25-9-2-1-3-10-25)38-31-13-7-6-12-29(30)31/h1-20,32H,21-22H2,(H,35,36). The SMILES string of the molecule is O=C(NN=C1CC(c2ccccc2)Oc2ccccc21)c1ccc(COc2ccc3ccccc3c2)cc1. The third kappa shape index (κ3) is 5.13. The van der Waals surface area contributed by atoms with Crippen molar-refractivity contribution in [2.24, 2.45) is 5.10 Å². The summed E-state index contributed by atoms with van der Waals surface area (Å²) in [6, 6.07) is 39.5. The molecule has 0 aromatic heterocycles. The van der Waals surface area contributed by atoms with Crippen molar-refractivity contribution in [2.75, 3.05) is 0 Å². The Hall–Kier alpha value is -4.90. The lowest BCUT2D eigenvalue weighted by molar-refractivity contribution is 0.0954. The second-order valence-electron chi connectivity index (χ2n) is 9.21. The van der Waals surface area contributed by atoms with Gasteiger partial charge in [-0.1, -0.05) is 84.9 Å². The van der Waals surface area contributed by atoms with Gasteiger partial charge in [-0.05, 0) is 58.3 Å². The lowest BCUT2D eigenvalue weighted by Gasteiger charge is -2.27. The number of ether oxygens (including phenoxy) is 2. The average molecular weight is 499 g/mol. The molecule has 0 fully saturated rings. The molecule has 1 unspecified atom stereocenters. The normalized spacial score (nSPS) is 15.5. The molecule has 0 saturated heterocycles. The number of hydrogen-bond acceptors (Lipinski definition) is 4. The Bertz CT molecular complexity index is 1610. The third-order valence-electron chi connectivity index (χ3n) is 6.65. The quantitative estimate of drug-likeness (QED) is 0.255. The summed E-state index contributed by atoms with van der Waals surface area (Å²) in [4.78, 5) is 12.9. The number of nitrogens with one attached hydrogen (secondary N) is 1. The summed E-state index contributed by atoms with van der Waals surface area (Å²) in [6.45, 7) is 0.417. The van der Waals surface area contributed by atoms with Gasteiger partial charge in [0.2, 0.25) is 0 Å². The monoisotopic (exact) mass is 498 g/mol. The van der Waals surface area contributed by atoms with Crippen molar-refractivity contribution in [3.63, 3.8) is 0 Å². The summed E-state index contributed by atoms with van der Waals surface area (Å²) >= 11 is 0. The first-order valence-corrected chi connectivity index (χ1v) is 12.6. The molecule has 5 heteroatoms. The van der Waals surface area contributed by atoms with Gasteiger partial charge in [0.25, 0.3) is 5.91 Å². The predicted molar refractivity (Wildman–Crippen MR) is 150 cm³/mol. The Morgan fingerprint density at radius 2 is 1.55 bits per heavy atom. The van der Waals surface area contributed by atoms with Gasteiger partial charge in [-0.15, -0.1) is 0 Å². The van der Waals surface area contributed by atoms with E-state index in [0.29, 0.717) is 18.6 Å². The number of carbonyl (C=O) groups excluding carboxylic acids is 1. The lowest BCUT2D eigenvalue weighted by atomic mass is 9.96. The van der Waals surface area contributed by atoms with E-state index in [9.17, 15) is 4.79 Å². The van der Waals surface area contributed by atoms with E-state index in [1.165, 1.54) is 5.39 Å². The van der Waals surface area contributed by atoms with Crippen LogP contribution in [0.3, 0.4) is 0 Å². The van der Waals surface area contributed by atoms with Crippen LogP contribution in [0.2, 0.25) is 0 Å². The van der Waals surface area contributed by atoms with Crippen LogP contribution in [0.1, 0.15) is 39.6 Å². The molecule has 0 spiro atoms. The molecule has 1 amide bonds. The van der Waals surface area contributed by atoms with Crippen LogP contribution in [0.4, 0.5) is 0 Å². The minimum atomic E-state index is -0.264. The van der Waals surface area contributed by atoms with E-state index in [2.05, 4.69) is 28.7 Å². The summed E-state index contributed by atoms with van der Waals surface area (Å²) in [5.74, 6) is 1.31. The zero-order chi connectivity index (χ0) is 25.7. The van der Waals surface area contributed by atoms with Gasteiger partial charge >= 0.3 is 0 Å². The van der Waals surface area contributed by atoms with E-state index in [4.69, 9.17) is 9.47 Å². The zero-order valence-electron chi connectivity index (χ0n) is 20.7. The predicted octanol–water partition coefficient (Wildman–Crippen LogP) is 7.08.